The molecule has 21 heavy (non-hydrogen) atoms. The van der Waals surface area contributed by atoms with Gasteiger partial charge in [0.25, 0.3) is 0 Å². The third-order valence-electron chi connectivity index (χ3n) is 3.98. The van der Waals surface area contributed by atoms with Crippen LogP contribution in [0.15, 0.2) is 4.99 Å². The van der Waals surface area contributed by atoms with E-state index in [2.05, 4.69) is 37.0 Å². The highest BCUT2D eigenvalue weighted by molar-refractivity contribution is 5.54. The number of nitrogens with zero attached hydrogens (tertiary/aromatic N) is 2. The lowest BCUT2D eigenvalue weighted by molar-refractivity contribution is 0.395. The maximum Gasteiger partial charge on any atom is 0.0849 e. The maximum atomic E-state index is 4.64. The fourth-order valence-electron chi connectivity index (χ4n) is 2.51. The molecule has 0 aromatic carbocycles. The van der Waals surface area contributed by atoms with Crippen LogP contribution in [-0.4, -0.2) is 30.9 Å². The zero-order chi connectivity index (χ0) is 15.6. The highest BCUT2D eigenvalue weighted by Gasteiger charge is 2.00. The van der Waals surface area contributed by atoms with E-state index in [4.69, 9.17) is 0 Å². The molecule has 2 nitrogen and oxygen atoms in total. The molecular weight excluding hydrogens is 256 g/mol. The van der Waals surface area contributed by atoms with Crippen LogP contribution in [-0.2, 0) is 0 Å². The first-order valence-electron chi connectivity index (χ1n) is 9.59. The van der Waals surface area contributed by atoms with Gasteiger partial charge in [0.1, 0.15) is 0 Å². The third-order valence-corrected chi connectivity index (χ3v) is 3.98. The molecule has 0 aliphatic rings. The molecule has 0 aromatic rings. The Balaban J connectivity index is 3.83. The number of hydrogen-bond acceptors (Lipinski definition) is 1. The molecule has 0 atom stereocenters. The molecule has 2 heteroatoms. The summed E-state index contributed by atoms with van der Waals surface area (Å²) in [5, 5.41) is 0. The Morgan fingerprint density at radius 2 is 1.10 bits per heavy atom. The van der Waals surface area contributed by atoms with Gasteiger partial charge in [-0.2, -0.15) is 0 Å². The van der Waals surface area contributed by atoms with E-state index in [1.165, 1.54) is 90.1 Å². The van der Waals surface area contributed by atoms with E-state index in [9.17, 15) is 0 Å². The Bertz CT molecular complexity index is 202. The molecule has 0 fully saturated rings. The van der Waals surface area contributed by atoms with Crippen molar-refractivity contribution >= 4 is 6.34 Å². The summed E-state index contributed by atoms with van der Waals surface area (Å²) in [5.74, 6) is 0. The molecule has 0 aromatic heterocycles. The molecule has 0 bridgehead atoms. The molecule has 0 N–H and O–H groups in total. The molecule has 0 saturated heterocycles. The second kappa shape index (κ2) is 17.5. The van der Waals surface area contributed by atoms with Crippen molar-refractivity contribution in [3.05, 3.63) is 0 Å². The van der Waals surface area contributed by atoms with Crippen molar-refractivity contribution in [3.63, 3.8) is 0 Å². The van der Waals surface area contributed by atoms with E-state index in [1.807, 2.05) is 0 Å². The van der Waals surface area contributed by atoms with Crippen LogP contribution in [0.1, 0.15) is 97.8 Å². The summed E-state index contributed by atoms with van der Waals surface area (Å²) in [6.45, 7) is 10.2. The van der Waals surface area contributed by atoms with Gasteiger partial charge in [-0.05, 0) is 19.3 Å². The molecule has 0 aliphatic carbocycles. The van der Waals surface area contributed by atoms with Crippen LogP contribution in [0.5, 0.6) is 0 Å². The molecule has 0 unspecified atom stereocenters. The van der Waals surface area contributed by atoms with Gasteiger partial charge < -0.3 is 4.90 Å². The van der Waals surface area contributed by atoms with E-state index in [-0.39, 0.29) is 0 Å². The predicted molar refractivity (Wildman–Crippen MR) is 97.4 cm³/mol. The van der Waals surface area contributed by atoms with Crippen molar-refractivity contribution in [1.82, 2.24) is 4.90 Å². The van der Waals surface area contributed by atoms with E-state index in [1.54, 1.807) is 0 Å². The maximum absolute atomic E-state index is 4.64. The van der Waals surface area contributed by atoms with E-state index in [0.717, 1.165) is 6.54 Å². The van der Waals surface area contributed by atoms with Gasteiger partial charge in [0.2, 0.25) is 0 Å². The molecule has 0 aliphatic heterocycles. The molecule has 0 heterocycles. The summed E-state index contributed by atoms with van der Waals surface area (Å²) < 4.78 is 0. The second-order valence-corrected chi connectivity index (χ2v) is 6.24. The SMILES string of the molecule is CCCCCCN=CN(CCCCCC)CCCCCC. The van der Waals surface area contributed by atoms with Gasteiger partial charge in [-0.3, -0.25) is 4.99 Å². The summed E-state index contributed by atoms with van der Waals surface area (Å²) in [7, 11) is 0. The Morgan fingerprint density at radius 3 is 1.57 bits per heavy atom. The van der Waals surface area contributed by atoms with Crippen LogP contribution in [0.3, 0.4) is 0 Å². The minimum absolute atomic E-state index is 1.01. The number of aliphatic imine (C=N–C) groups is 1. The Labute approximate surface area is 134 Å². The van der Waals surface area contributed by atoms with Crippen molar-refractivity contribution in [2.75, 3.05) is 19.6 Å². The first-order valence-corrected chi connectivity index (χ1v) is 9.59. The van der Waals surface area contributed by atoms with E-state index >= 15 is 0 Å². The summed E-state index contributed by atoms with van der Waals surface area (Å²) in [5.41, 5.74) is 0. The first-order chi connectivity index (χ1) is 10.3. The first kappa shape index (κ1) is 20.5. The Hall–Kier alpha value is -0.530. The van der Waals surface area contributed by atoms with Gasteiger partial charge >= 0.3 is 0 Å². The lowest BCUT2D eigenvalue weighted by Crippen LogP contribution is -2.24. The fourth-order valence-corrected chi connectivity index (χ4v) is 2.51. The quantitative estimate of drug-likeness (QED) is 0.192. The van der Waals surface area contributed by atoms with Gasteiger partial charge in [-0.25, -0.2) is 0 Å². The Morgan fingerprint density at radius 1 is 0.619 bits per heavy atom. The molecule has 0 spiro atoms. The third kappa shape index (κ3) is 15.7. The fraction of sp³-hybridized carbons (Fsp3) is 0.947. The zero-order valence-electron chi connectivity index (χ0n) is 15.1. The average molecular weight is 297 g/mol. The number of rotatable bonds is 16. The molecule has 0 rings (SSSR count). The van der Waals surface area contributed by atoms with Gasteiger partial charge in [-0.15, -0.1) is 0 Å². The lowest BCUT2D eigenvalue weighted by Gasteiger charge is -2.19. The van der Waals surface area contributed by atoms with Crippen molar-refractivity contribution in [2.45, 2.75) is 97.8 Å². The standard InChI is InChI=1S/C19H40N2/c1-4-7-10-13-16-20-19-21(17-14-11-8-5-2)18-15-12-9-6-3/h19H,4-18H2,1-3H3. The smallest absolute Gasteiger partial charge is 0.0849 e. The van der Waals surface area contributed by atoms with Crippen LogP contribution >= 0.6 is 0 Å². The van der Waals surface area contributed by atoms with Gasteiger partial charge in [-0.1, -0.05) is 78.6 Å². The number of hydrogen-bond donors (Lipinski definition) is 0. The van der Waals surface area contributed by atoms with Gasteiger partial charge in [0, 0.05) is 19.6 Å². The van der Waals surface area contributed by atoms with Crippen molar-refractivity contribution < 1.29 is 0 Å². The van der Waals surface area contributed by atoms with Crippen LogP contribution in [0.4, 0.5) is 0 Å². The summed E-state index contributed by atoms with van der Waals surface area (Å²) in [4.78, 5) is 7.11. The van der Waals surface area contributed by atoms with Crippen molar-refractivity contribution in [3.8, 4) is 0 Å². The zero-order valence-corrected chi connectivity index (χ0v) is 15.1. The highest BCUT2D eigenvalue weighted by Crippen LogP contribution is 2.04. The lowest BCUT2D eigenvalue weighted by atomic mass is 10.2. The van der Waals surface area contributed by atoms with Crippen LogP contribution in [0.2, 0.25) is 0 Å². The normalized spacial score (nSPS) is 11.4. The molecule has 0 amide bonds. The summed E-state index contributed by atoms with van der Waals surface area (Å²) in [6.07, 6.45) is 18.2. The summed E-state index contributed by atoms with van der Waals surface area (Å²) >= 11 is 0. The minimum atomic E-state index is 1.01. The molecule has 0 saturated carbocycles. The second-order valence-electron chi connectivity index (χ2n) is 6.24. The van der Waals surface area contributed by atoms with E-state index in [0.29, 0.717) is 0 Å². The van der Waals surface area contributed by atoms with Crippen LogP contribution < -0.4 is 0 Å². The van der Waals surface area contributed by atoms with Crippen LogP contribution in [0, 0.1) is 0 Å². The minimum Gasteiger partial charge on any atom is -0.363 e. The van der Waals surface area contributed by atoms with Crippen LogP contribution in [0.25, 0.3) is 0 Å². The largest absolute Gasteiger partial charge is 0.363 e. The van der Waals surface area contributed by atoms with Gasteiger partial charge in [0.15, 0.2) is 0 Å². The predicted octanol–water partition coefficient (Wildman–Crippen LogP) is 6.06. The highest BCUT2D eigenvalue weighted by atomic mass is 15.1. The topological polar surface area (TPSA) is 15.6 Å². The van der Waals surface area contributed by atoms with Crippen molar-refractivity contribution in [1.29, 1.82) is 0 Å². The molecule has 0 radical (unpaired) electrons. The monoisotopic (exact) mass is 296 g/mol. The molecule has 126 valence electrons. The average Bonchev–Trinajstić information content (AvgIpc) is 2.50. The Kier molecular flexibility index (Phi) is 17.1. The number of unbranched alkanes of at least 4 members (excludes halogenated alkanes) is 9. The van der Waals surface area contributed by atoms with Gasteiger partial charge in [0.05, 0.1) is 6.34 Å². The molecular formula is C19H40N2. The summed E-state index contributed by atoms with van der Waals surface area (Å²) in [6, 6.07) is 0. The van der Waals surface area contributed by atoms with E-state index < -0.39 is 0 Å². The van der Waals surface area contributed by atoms with Crippen molar-refractivity contribution in [2.24, 2.45) is 4.99 Å².